The number of carbonyl (C=O) groups excluding carboxylic acids is 1. The van der Waals surface area contributed by atoms with Gasteiger partial charge in [0.2, 0.25) is 0 Å². The van der Waals surface area contributed by atoms with E-state index in [-0.39, 0.29) is 17.4 Å². The van der Waals surface area contributed by atoms with Gasteiger partial charge in [0.1, 0.15) is 5.69 Å². The number of nitrogens with zero attached hydrogens (tertiary/aromatic N) is 5. The van der Waals surface area contributed by atoms with Crippen LogP contribution in [-0.2, 0) is 5.41 Å². The Kier molecular flexibility index (Phi) is 5.21. The molecule has 5 aromatic rings. The minimum absolute atomic E-state index is 0.0295. The minimum Gasteiger partial charge on any atom is -0.349 e. The zero-order valence-corrected chi connectivity index (χ0v) is 20.4. The molecule has 2 aromatic carbocycles. The standard InChI is InChI=1S/C29H27N7O/c37-27(34-23-9-14-30-15-10-23)20-5-3-19(4-6-20)25-17-32-28-33-18-26(36(28)35-25)29(11-12-29)22-7-8-24-21(16-22)2-1-13-31-24/h1-8,13,16-18,23,30H,9-12,14-15H2,(H,34,37). The topological polar surface area (TPSA) is 97.1 Å². The van der Waals surface area contributed by atoms with E-state index >= 15 is 0 Å². The Balaban J connectivity index is 1.18. The van der Waals surface area contributed by atoms with Crippen molar-refractivity contribution in [3.8, 4) is 11.3 Å². The molecule has 37 heavy (non-hydrogen) atoms. The van der Waals surface area contributed by atoms with Gasteiger partial charge in [-0.2, -0.15) is 9.61 Å². The lowest BCUT2D eigenvalue weighted by atomic mass is 9.91. The van der Waals surface area contributed by atoms with Gasteiger partial charge in [-0.3, -0.25) is 9.78 Å². The molecular weight excluding hydrogens is 462 g/mol. The number of rotatable bonds is 5. The molecule has 8 nitrogen and oxygen atoms in total. The Morgan fingerprint density at radius 2 is 1.78 bits per heavy atom. The maximum absolute atomic E-state index is 12.7. The van der Waals surface area contributed by atoms with E-state index in [0.717, 1.165) is 66.6 Å². The summed E-state index contributed by atoms with van der Waals surface area (Å²) in [5.41, 5.74) is 5.50. The molecule has 1 saturated carbocycles. The van der Waals surface area contributed by atoms with E-state index in [2.05, 4.69) is 49.9 Å². The molecule has 3 aromatic heterocycles. The van der Waals surface area contributed by atoms with Crippen LogP contribution in [0.2, 0.25) is 0 Å². The number of benzene rings is 2. The highest BCUT2D eigenvalue weighted by atomic mass is 16.1. The summed E-state index contributed by atoms with van der Waals surface area (Å²) in [5.74, 6) is 0.559. The van der Waals surface area contributed by atoms with Gasteiger partial charge in [0, 0.05) is 34.2 Å². The Bertz CT molecular complexity index is 1620. The third-order valence-electron chi connectivity index (χ3n) is 7.74. The number of imidazole rings is 1. The molecule has 1 aliphatic heterocycles. The van der Waals surface area contributed by atoms with Crippen LogP contribution in [0.1, 0.15) is 47.3 Å². The fourth-order valence-electron chi connectivity index (χ4n) is 5.45. The maximum atomic E-state index is 12.7. The van der Waals surface area contributed by atoms with Gasteiger partial charge in [-0.1, -0.05) is 24.3 Å². The molecule has 4 heterocycles. The van der Waals surface area contributed by atoms with Crippen molar-refractivity contribution >= 4 is 22.6 Å². The first-order valence-electron chi connectivity index (χ1n) is 12.9. The quantitative estimate of drug-likeness (QED) is 0.389. The molecule has 0 radical (unpaired) electrons. The second-order valence-corrected chi connectivity index (χ2v) is 10.1. The molecule has 2 fully saturated rings. The van der Waals surface area contributed by atoms with Crippen LogP contribution in [0, 0.1) is 0 Å². The van der Waals surface area contributed by atoms with Crippen molar-refractivity contribution in [2.45, 2.75) is 37.1 Å². The molecule has 1 aliphatic carbocycles. The average Bonchev–Trinajstić information content (AvgIpc) is 3.65. The molecule has 2 aliphatic rings. The molecular formula is C29H27N7O. The Morgan fingerprint density at radius 3 is 2.59 bits per heavy atom. The van der Waals surface area contributed by atoms with Crippen molar-refractivity contribution in [3.05, 3.63) is 90.0 Å². The number of hydrogen-bond acceptors (Lipinski definition) is 6. The molecule has 8 heteroatoms. The number of aromatic nitrogens is 5. The van der Waals surface area contributed by atoms with E-state index in [1.807, 2.05) is 47.2 Å². The van der Waals surface area contributed by atoms with E-state index in [1.54, 1.807) is 6.20 Å². The van der Waals surface area contributed by atoms with Gasteiger partial charge < -0.3 is 10.6 Å². The van der Waals surface area contributed by atoms with Gasteiger partial charge >= 0.3 is 0 Å². The van der Waals surface area contributed by atoms with E-state index in [9.17, 15) is 4.79 Å². The van der Waals surface area contributed by atoms with Crippen LogP contribution in [0.5, 0.6) is 0 Å². The summed E-state index contributed by atoms with van der Waals surface area (Å²) in [6.07, 6.45) is 9.49. The highest BCUT2D eigenvalue weighted by Crippen LogP contribution is 2.53. The summed E-state index contributed by atoms with van der Waals surface area (Å²) in [6, 6.07) is 18.4. The van der Waals surface area contributed by atoms with Crippen molar-refractivity contribution < 1.29 is 4.79 Å². The average molecular weight is 490 g/mol. The fourth-order valence-corrected chi connectivity index (χ4v) is 5.45. The van der Waals surface area contributed by atoms with Gasteiger partial charge in [0.05, 0.1) is 23.6 Å². The summed E-state index contributed by atoms with van der Waals surface area (Å²) < 4.78 is 1.88. The van der Waals surface area contributed by atoms with Crippen molar-refractivity contribution in [2.75, 3.05) is 13.1 Å². The van der Waals surface area contributed by atoms with Crippen LogP contribution in [0.4, 0.5) is 0 Å². The van der Waals surface area contributed by atoms with E-state index < -0.39 is 0 Å². The number of hydrogen-bond donors (Lipinski definition) is 2. The lowest BCUT2D eigenvalue weighted by Gasteiger charge is -2.23. The Hall–Kier alpha value is -4.17. The summed E-state index contributed by atoms with van der Waals surface area (Å²) in [6.45, 7) is 1.89. The zero-order valence-electron chi connectivity index (χ0n) is 20.4. The number of piperidine rings is 1. The number of nitrogens with one attached hydrogen (secondary N) is 2. The predicted octanol–water partition coefficient (Wildman–Crippen LogP) is 3.90. The number of fused-ring (bicyclic) bond motifs is 2. The summed E-state index contributed by atoms with van der Waals surface area (Å²) in [7, 11) is 0. The normalized spacial score (nSPS) is 17.2. The lowest BCUT2D eigenvalue weighted by Crippen LogP contribution is -2.42. The van der Waals surface area contributed by atoms with Gasteiger partial charge in [-0.25, -0.2) is 9.97 Å². The smallest absolute Gasteiger partial charge is 0.251 e. The van der Waals surface area contributed by atoms with Crippen LogP contribution in [0.15, 0.2) is 73.2 Å². The lowest BCUT2D eigenvalue weighted by molar-refractivity contribution is 0.0929. The van der Waals surface area contributed by atoms with E-state index in [0.29, 0.717) is 11.3 Å². The highest BCUT2D eigenvalue weighted by molar-refractivity contribution is 5.94. The molecule has 2 N–H and O–H groups in total. The summed E-state index contributed by atoms with van der Waals surface area (Å²) in [5, 5.41) is 12.5. The summed E-state index contributed by atoms with van der Waals surface area (Å²) in [4.78, 5) is 26.3. The van der Waals surface area contributed by atoms with Crippen molar-refractivity contribution in [2.24, 2.45) is 0 Å². The molecule has 7 rings (SSSR count). The zero-order chi connectivity index (χ0) is 24.8. The first-order chi connectivity index (χ1) is 18.2. The fraction of sp³-hybridized carbons (Fsp3) is 0.276. The van der Waals surface area contributed by atoms with Crippen molar-refractivity contribution in [1.82, 2.24) is 35.2 Å². The Morgan fingerprint density at radius 1 is 0.973 bits per heavy atom. The number of carbonyl (C=O) groups is 1. The van der Waals surface area contributed by atoms with Crippen molar-refractivity contribution in [1.29, 1.82) is 0 Å². The largest absolute Gasteiger partial charge is 0.349 e. The van der Waals surface area contributed by atoms with Crippen LogP contribution in [0.25, 0.3) is 27.9 Å². The second-order valence-electron chi connectivity index (χ2n) is 10.1. The predicted molar refractivity (Wildman–Crippen MR) is 141 cm³/mol. The molecule has 0 atom stereocenters. The van der Waals surface area contributed by atoms with Gasteiger partial charge in [-0.05, 0) is 74.7 Å². The van der Waals surface area contributed by atoms with Crippen LogP contribution < -0.4 is 10.6 Å². The molecule has 184 valence electrons. The minimum atomic E-state index is -0.118. The molecule has 0 unspecified atom stereocenters. The first-order valence-corrected chi connectivity index (χ1v) is 12.9. The van der Waals surface area contributed by atoms with Crippen LogP contribution in [-0.4, -0.2) is 49.6 Å². The third kappa shape index (κ3) is 3.94. The molecule has 1 saturated heterocycles. The van der Waals surface area contributed by atoms with Crippen LogP contribution >= 0.6 is 0 Å². The number of pyridine rings is 1. The maximum Gasteiger partial charge on any atom is 0.251 e. The summed E-state index contributed by atoms with van der Waals surface area (Å²) >= 11 is 0. The Labute approximate surface area is 214 Å². The molecule has 1 amide bonds. The third-order valence-corrected chi connectivity index (χ3v) is 7.74. The van der Waals surface area contributed by atoms with Gasteiger partial charge in [-0.15, -0.1) is 0 Å². The van der Waals surface area contributed by atoms with E-state index in [1.165, 1.54) is 5.56 Å². The number of amides is 1. The molecule has 0 spiro atoms. The van der Waals surface area contributed by atoms with Gasteiger partial charge in [0.25, 0.3) is 11.7 Å². The SMILES string of the molecule is O=C(NC1CCNCC1)c1ccc(-c2cnc3ncc(C4(c5ccc6ncccc6c5)CC4)n3n2)cc1. The second kappa shape index (κ2) is 8.74. The van der Waals surface area contributed by atoms with Crippen LogP contribution in [0.3, 0.4) is 0 Å². The first kappa shape index (κ1) is 22.1. The van der Waals surface area contributed by atoms with E-state index in [4.69, 9.17) is 5.10 Å². The monoisotopic (exact) mass is 489 g/mol. The highest BCUT2D eigenvalue weighted by Gasteiger charge is 2.48. The van der Waals surface area contributed by atoms with Crippen molar-refractivity contribution in [3.63, 3.8) is 0 Å². The van der Waals surface area contributed by atoms with Gasteiger partial charge in [0.15, 0.2) is 0 Å². The molecule has 0 bridgehead atoms.